The molecule has 0 spiro atoms. The van der Waals surface area contributed by atoms with Gasteiger partial charge in [0.05, 0.1) is 21.1 Å². The lowest BCUT2D eigenvalue weighted by Crippen LogP contribution is -2.40. The van der Waals surface area contributed by atoms with Gasteiger partial charge in [-0.25, -0.2) is 4.98 Å². The van der Waals surface area contributed by atoms with Crippen LogP contribution >= 0.6 is 35.6 Å². The summed E-state index contributed by atoms with van der Waals surface area (Å²) >= 11 is 12.4. The van der Waals surface area contributed by atoms with Gasteiger partial charge in [0, 0.05) is 26.8 Å². The molecule has 4 atom stereocenters. The highest BCUT2D eigenvalue weighted by Gasteiger charge is 2.51. The van der Waals surface area contributed by atoms with Crippen LogP contribution in [-0.4, -0.2) is 58.4 Å². The Hall–Kier alpha value is -2.27. The molecule has 1 aliphatic heterocycles. The van der Waals surface area contributed by atoms with Gasteiger partial charge in [-0.2, -0.15) is 0 Å². The predicted octanol–water partition coefficient (Wildman–Crippen LogP) is 3.91. The van der Waals surface area contributed by atoms with Gasteiger partial charge in [0.15, 0.2) is 18.4 Å². The van der Waals surface area contributed by atoms with E-state index in [1.165, 1.54) is 20.8 Å². The smallest absolute Gasteiger partial charge is 0.303 e. The Kier molecular flexibility index (Phi) is 9.41. The molecule has 2 aromatic rings. The number of ether oxygens (including phenoxy) is 4. The fourth-order valence-electron chi connectivity index (χ4n) is 3.61. The van der Waals surface area contributed by atoms with E-state index < -0.39 is 42.4 Å². The molecule has 0 amide bonds. The standard InChI is InChI=1S/C21H25Cl2N3O7.ClH/c1-9(2)24-21-25-15-6-13(22)14(23)7-16(15)26(21)20-19(32-12(5)29)18(31-11(4)28)17(33-20)8-30-10(3)27;/h6-7,9,17-20H,8H2,1-5H3,(H,24,25);1H/t17-,18-,19-,20-;/m0./s1. The van der Waals surface area contributed by atoms with Crippen molar-refractivity contribution in [1.82, 2.24) is 9.55 Å². The fourth-order valence-corrected chi connectivity index (χ4v) is 3.92. The summed E-state index contributed by atoms with van der Waals surface area (Å²) in [4.78, 5) is 39.8. The van der Waals surface area contributed by atoms with Crippen molar-refractivity contribution >= 4 is 70.5 Å². The van der Waals surface area contributed by atoms with Gasteiger partial charge in [-0.05, 0) is 26.0 Å². The molecule has 1 aliphatic rings. The minimum Gasteiger partial charge on any atom is -0.463 e. The molecule has 0 saturated carbocycles. The van der Waals surface area contributed by atoms with Crippen molar-refractivity contribution in [2.45, 2.75) is 65.2 Å². The van der Waals surface area contributed by atoms with Crippen LogP contribution < -0.4 is 5.32 Å². The van der Waals surface area contributed by atoms with Crippen LogP contribution in [0.5, 0.6) is 0 Å². The molecule has 1 aromatic heterocycles. The second kappa shape index (κ2) is 11.4. The van der Waals surface area contributed by atoms with E-state index in [4.69, 9.17) is 42.1 Å². The molecule has 3 rings (SSSR count). The lowest BCUT2D eigenvalue weighted by atomic mass is 10.1. The van der Waals surface area contributed by atoms with E-state index in [1.54, 1.807) is 16.7 Å². The van der Waals surface area contributed by atoms with Crippen molar-refractivity contribution in [2.75, 3.05) is 11.9 Å². The Bertz CT molecular complexity index is 1080. The minimum atomic E-state index is -1.06. The number of aromatic nitrogens is 2. The second-order valence-corrected chi connectivity index (χ2v) is 8.69. The number of anilines is 1. The molecule has 0 bridgehead atoms. The van der Waals surface area contributed by atoms with E-state index in [-0.39, 0.29) is 30.1 Å². The van der Waals surface area contributed by atoms with Gasteiger partial charge in [0.25, 0.3) is 0 Å². The number of rotatable bonds is 7. The second-order valence-electron chi connectivity index (χ2n) is 7.88. The number of benzene rings is 1. The number of fused-ring (bicyclic) bond motifs is 1. The Labute approximate surface area is 212 Å². The average Bonchev–Trinajstić information content (AvgIpc) is 3.17. The highest BCUT2D eigenvalue weighted by Crippen LogP contribution is 2.40. The highest BCUT2D eigenvalue weighted by atomic mass is 35.5. The molecule has 1 saturated heterocycles. The zero-order valence-corrected chi connectivity index (χ0v) is 21.5. The maximum Gasteiger partial charge on any atom is 0.303 e. The molecule has 1 aromatic carbocycles. The predicted molar refractivity (Wildman–Crippen MR) is 127 cm³/mol. The van der Waals surface area contributed by atoms with Crippen LogP contribution in [0.25, 0.3) is 11.0 Å². The number of hydrogen-bond acceptors (Lipinski definition) is 9. The third-order valence-electron chi connectivity index (χ3n) is 4.74. The number of nitrogens with one attached hydrogen (secondary N) is 1. The zero-order chi connectivity index (χ0) is 24.4. The highest BCUT2D eigenvalue weighted by molar-refractivity contribution is 6.42. The van der Waals surface area contributed by atoms with Crippen molar-refractivity contribution in [3.63, 3.8) is 0 Å². The van der Waals surface area contributed by atoms with Crippen LogP contribution in [0.4, 0.5) is 5.95 Å². The maximum absolute atomic E-state index is 12.0. The molecule has 10 nitrogen and oxygen atoms in total. The van der Waals surface area contributed by atoms with E-state index >= 15 is 0 Å². The lowest BCUT2D eigenvalue weighted by Gasteiger charge is -2.25. The number of esters is 3. The van der Waals surface area contributed by atoms with E-state index in [1.807, 2.05) is 13.8 Å². The topological polar surface area (TPSA) is 118 Å². The third kappa shape index (κ3) is 6.24. The average molecular weight is 539 g/mol. The van der Waals surface area contributed by atoms with Crippen molar-refractivity contribution < 1.29 is 33.3 Å². The first-order valence-electron chi connectivity index (χ1n) is 10.2. The van der Waals surface area contributed by atoms with Crippen LogP contribution in [0.1, 0.15) is 40.8 Å². The Balaban J connectivity index is 0.00000408. The van der Waals surface area contributed by atoms with Crippen molar-refractivity contribution in [3.05, 3.63) is 22.2 Å². The zero-order valence-electron chi connectivity index (χ0n) is 19.2. The van der Waals surface area contributed by atoms with Crippen LogP contribution in [0.3, 0.4) is 0 Å². The summed E-state index contributed by atoms with van der Waals surface area (Å²) in [5, 5.41) is 3.83. The quantitative estimate of drug-likeness (QED) is 0.413. The largest absolute Gasteiger partial charge is 0.463 e. The van der Waals surface area contributed by atoms with E-state index in [9.17, 15) is 14.4 Å². The summed E-state index contributed by atoms with van der Waals surface area (Å²) in [6.45, 7) is 7.34. The molecule has 0 aliphatic carbocycles. The first-order valence-corrected chi connectivity index (χ1v) is 11.0. The first kappa shape index (κ1) is 28.0. The van der Waals surface area contributed by atoms with Crippen LogP contribution in [0.2, 0.25) is 10.0 Å². The lowest BCUT2D eigenvalue weighted by molar-refractivity contribution is -0.166. The maximum atomic E-state index is 12.0. The molecular weight excluding hydrogens is 513 g/mol. The number of halogens is 3. The monoisotopic (exact) mass is 537 g/mol. The molecule has 0 unspecified atom stereocenters. The van der Waals surface area contributed by atoms with Gasteiger partial charge in [-0.15, -0.1) is 12.4 Å². The SMILES string of the molecule is CC(=O)OC[C@@H]1O[C@H](n2c(NC(C)C)nc3cc(Cl)c(Cl)cc32)[C@@H](OC(C)=O)[C@H]1OC(C)=O.Cl. The van der Waals surface area contributed by atoms with Crippen molar-refractivity contribution in [2.24, 2.45) is 0 Å². The van der Waals surface area contributed by atoms with Gasteiger partial charge in [0.2, 0.25) is 5.95 Å². The van der Waals surface area contributed by atoms with Crippen LogP contribution in [-0.2, 0) is 33.3 Å². The van der Waals surface area contributed by atoms with Gasteiger partial charge in [-0.1, -0.05) is 23.2 Å². The van der Waals surface area contributed by atoms with Crippen molar-refractivity contribution in [1.29, 1.82) is 0 Å². The first-order chi connectivity index (χ1) is 15.5. The molecule has 34 heavy (non-hydrogen) atoms. The molecule has 0 radical (unpaired) electrons. The van der Waals surface area contributed by atoms with Gasteiger partial charge >= 0.3 is 17.9 Å². The van der Waals surface area contributed by atoms with E-state index in [0.717, 1.165) is 0 Å². The number of carbonyl (C=O) groups excluding carboxylic acids is 3. The van der Waals surface area contributed by atoms with Gasteiger partial charge in [-0.3, -0.25) is 19.0 Å². The van der Waals surface area contributed by atoms with Crippen LogP contribution in [0.15, 0.2) is 12.1 Å². The normalized spacial score (nSPS) is 21.8. The summed E-state index contributed by atoms with van der Waals surface area (Å²) in [5.74, 6) is -1.36. The fraction of sp³-hybridized carbons (Fsp3) is 0.524. The number of nitrogens with zero attached hydrogens (tertiary/aromatic N) is 2. The molecule has 188 valence electrons. The number of carbonyl (C=O) groups is 3. The minimum absolute atomic E-state index is 0. The van der Waals surface area contributed by atoms with E-state index in [0.29, 0.717) is 22.0 Å². The van der Waals surface area contributed by atoms with E-state index in [2.05, 4.69) is 10.3 Å². The summed E-state index contributed by atoms with van der Waals surface area (Å²) < 4.78 is 23.9. The summed E-state index contributed by atoms with van der Waals surface area (Å²) in [7, 11) is 0. The Morgan fingerprint density at radius 3 is 2.21 bits per heavy atom. The third-order valence-corrected chi connectivity index (χ3v) is 5.47. The summed E-state index contributed by atoms with van der Waals surface area (Å²) in [5.41, 5.74) is 1.06. The molecular formula is C21H26Cl3N3O7. The Morgan fingerprint density at radius 1 is 1.06 bits per heavy atom. The number of imidazole rings is 1. The molecule has 2 heterocycles. The molecule has 1 N–H and O–H groups in total. The summed E-state index contributed by atoms with van der Waals surface area (Å²) in [6, 6.07) is 3.21. The summed E-state index contributed by atoms with van der Waals surface area (Å²) in [6.07, 6.45) is -3.99. The van der Waals surface area contributed by atoms with Crippen molar-refractivity contribution in [3.8, 4) is 0 Å². The molecule has 1 fully saturated rings. The van der Waals surface area contributed by atoms with Gasteiger partial charge in [0.1, 0.15) is 12.7 Å². The Morgan fingerprint density at radius 2 is 1.65 bits per heavy atom. The van der Waals surface area contributed by atoms with Gasteiger partial charge < -0.3 is 24.3 Å². The molecule has 13 heteroatoms. The number of hydrogen-bond donors (Lipinski definition) is 1. The van der Waals surface area contributed by atoms with Crippen LogP contribution in [0, 0.1) is 0 Å².